The second-order valence-electron chi connectivity index (χ2n) is 9.70. The monoisotopic (exact) mass is 471 g/mol. The Labute approximate surface area is 206 Å². The lowest BCUT2D eigenvalue weighted by Crippen LogP contribution is -2.45. The largest absolute Gasteiger partial charge is 0.496 e. The summed E-state index contributed by atoms with van der Waals surface area (Å²) in [4.78, 5) is 10.9. The molecule has 0 amide bonds. The predicted octanol–water partition coefficient (Wildman–Crippen LogP) is 4.84. The van der Waals surface area contributed by atoms with Crippen LogP contribution in [-0.4, -0.2) is 64.1 Å². The highest BCUT2D eigenvalue weighted by Gasteiger charge is 2.28. The Morgan fingerprint density at radius 2 is 1.80 bits per heavy atom. The van der Waals surface area contributed by atoms with E-state index in [0.717, 1.165) is 65.7 Å². The van der Waals surface area contributed by atoms with Crippen molar-refractivity contribution in [3.63, 3.8) is 0 Å². The van der Waals surface area contributed by atoms with Crippen LogP contribution >= 0.6 is 0 Å². The number of hydrogen-bond acceptors (Lipinski definition) is 5. The van der Waals surface area contributed by atoms with E-state index in [2.05, 4.69) is 51.1 Å². The van der Waals surface area contributed by atoms with E-state index in [1.165, 1.54) is 25.7 Å². The van der Waals surface area contributed by atoms with Gasteiger partial charge in [-0.1, -0.05) is 24.3 Å². The number of hydrogen-bond donors (Lipinski definition) is 1. The Morgan fingerprint density at radius 1 is 1.00 bits per heavy atom. The Morgan fingerprint density at radius 3 is 2.63 bits per heavy atom. The molecule has 2 fully saturated rings. The first-order chi connectivity index (χ1) is 17.3. The second kappa shape index (κ2) is 9.84. The molecule has 1 N–H and O–H groups in total. The molecule has 0 bridgehead atoms. The fourth-order valence-corrected chi connectivity index (χ4v) is 5.66. The number of para-hydroxylation sites is 1. The normalized spacial score (nSPS) is 21.4. The summed E-state index contributed by atoms with van der Waals surface area (Å²) < 4.78 is 13.2. The van der Waals surface area contributed by atoms with Crippen LogP contribution in [0.2, 0.25) is 0 Å². The standard InChI is InChI=1S/C28H33N5O2/c1-34-27-5-3-2-4-21(27)19-28-29-25-11-6-20(18-26(25)30-28)24-12-13-33(31-24)23-9-7-22(8-10-23)32-14-16-35-17-15-32/h2-6,11-13,18,22-23H,7-10,14-17,19H2,1H3,(H,29,30). The van der Waals surface area contributed by atoms with Gasteiger partial charge in [0.1, 0.15) is 11.6 Å². The quantitative estimate of drug-likeness (QED) is 0.436. The van der Waals surface area contributed by atoms with Gasteiger partial charge in [-0.2, -0.15) is 5.10 Å². The van der Waals surface area contributed by atoms with Crippen LogP contribution in [0, 0.1) is 0 Å². The van der Waals surface area contributed by atoms with Gasteiger partial charge >= 0.3 is 0 Å². The molecule has 7 nitrogen and oxygen atoms in total. The van der Waals surface area contributed by atoms with E-state index in [1.54, 1.807) is 7.11 Å². The number of ether oxygens (including phenoxy) is 2. The first-order valence-electron chi connectivity index (χ1n) is 12.7. The van der Waals surface area contributed by atoms with Crippen LogP contribution in [0.25, 0.3) is 22.3 Å². The highest BCUT2D eigenvalue weighted by Crippen LogP contribution is 2.32. The van der Waals surface area contributed by atoms with Crippen molar-refractivity contribution in [3.8, 4) is 17.0 Å². The molecule has 4 aromatic rings. The zero-order valence-electron chi connectivity index (χ0n) is 20.3. The van der Waals surface area contributed by atoms with Crippen LogP contribution in [0.15, 0.2) is 54.7 Å². The minimum Gasteiger partial charge on any atom is -0.496 e. The summed E-state index contributed by atoms with van der Waals surface area (Å²) in [6.45, 7) is 3.92. The number of fused-ring (bicyclic) bond motifs is 1. The van der Waals surface area contributed by atoms with Gasteiger partial charge < -0.3 is 14.5 Å². The van der Waals surface area contributed by atoms with Crippen LogP contribution in [0.1, 0.15) is 43.1 Å². The van der Waals surface area contributed by atoms with Crippen molar-refractivity contribution in [2.24, 2.45) is 0 Å². The molecular formula is C28H33N5O2. The smallest absolute Gasteiger partial charge is 0.122 e. The molecule has 3 heterocycles. The topological polar surface area (TPSA) is 68.2 Å². The Balaban J connectivity index is 1.14. The number of imidazole rings is 1. The third-order valence-electron chi connectivity index (χ3n) is 7.59. The second-order valence-corrected chi connectivity index (χ2v) is 9.70. The number of aromatic nitrogens is 4. The van der Waals surface area contributed by atoms with Crippen LogP contribution in [0.4, 0.5) is 0 Å². The summed E-state index contributed by atoms with van der Waals surface area (Å²) in [5, 5.41) is 4.98. The molecule has 1 aliphatic heterocycles. The zero-order chi connectivity index (χ0) is 23.6. The van der Waals surface area contributed by atoms with Crippen LogP contribution in [0.5, 0.6) is 5.75 Å². The minimum atomic E-state index is 0.490. The molecule has 35 heavy (non-hydrogen) atoms. The molecule has 0 unspecified atom stereocenters. The molecule has 6 rings (SSSR count). The van der Waals surface area contributed by atoms with Gasteiger partial charge in [-0.05, 0) is 49.9 Å². The number of rotatable bonds is 6. The van der Waals surface area contributed by atoms with Crippen molar-refractivity contribution in [1.29, 1.82) is 0 Å². The molecule has 1 saturated carbocycles. The minimum absolute atomic E-state index is 0.490. The molecule has 0 atom stereocenters. The number of methoxy groups -OCH3 is 1. The van der Waals surface area contributed by atoms with Gasteiger partial charge in [-0.3, -0.25) is 9.58 Å². The number of H-pyrrole nitrogens is 1. The number of benzene rings is 2. The maximum atomic E-state index is 5.52. The summed E-state index contributed by atoms with van der Waals surface area (Å²) in [6, 6.07) is 17.8. The molecule has 1 saturated heterocycles. The van der Waals surface area contributed by atoms with Gasteiger partial charge in [0.15, 0.2) is 0 Å². The van der Waals surface area contributed by atoms with E-state index in [-0.39, 0.29) is 0 Å². The number of nitrogens with one attached hydrogen (secondary N) is 1. The zero-order valence-corrected chi connectivity index (χ0v) is 20.3. The first-order valence-corrected chi connectivity index (χ1v) is 12.7. The van der Waals surface area contributed by atoms with Gasteiger partial charge in [0, 0.05) is 42.9 Å². The van der Waals surface area contributed by atoms with E-state index in [0.29, 0.717) is 18.5 Å². The SMILES string of the molecule is COc1ccccc1Cc1nc2ccc(-c3ccn(C4CCC(N5CCOCC5)CC4)n3)cc2[nH]1. The van der Waals surface area contributed by atoms with Gasteiger partial charge in [0.25, 0.3) is 0 Å². The lowest BCUT2D eigenvalue weighted by atomic mass is 9.90. The molecule has 1 aliphatic carbocycles. The van der Waals surface area contributed by atoms with Crippen LogP contribution in [-0.2, 0) is 11.2 Å². The van der Waals surface area contributed by atoms with Crippen molar-refractivity contribution in [3.05, 3.63) is 66.1 Å². The van der Waals surface area contributed by atoms with Crippen molar-refractivity contribution < 1.29 is 9.47 Å². The van der Waals surface area contributed by atoms with E-state index in [4.69, 9.17) is 19.6 Å². The molecule has 0 spiro atoms. The van der Waals surface area contributed by atoms with Gasteiger partial charge in [-0.15, -0.1) is 0 Å². The average Bonchev–Trinajstić information content (AvgIpc) is 3.56. The number of nitrogens with zero attached hydrogens (tertiary/aromatic N) is 4. The first kappa shape index (κ1) is 22.3. The molecule has 2 aliphatic rings. The van der Waals surface area contributed by atoms with E-state index >= 15 is 0 Å². The number of aromatic amines is 1. The highest BCUT2D eigenvalue weighted by molar-refractivity contribution is 5.81. The third-order valence-corrected chi connectivity index (χ3v) is 7.59. The average molecular weight is 472 g/mol. The van der Waals surface area contributed by atoms with Crippen molar-refractivity contribution in [2.45, 2.75) is 44.2 Å². The van der Waals surface area contributed by atoms with E-state index in [9.17, 15) is 0 Å². The molecule has 0 radical (unpaired) electrons. The van der Waals surface area contributed by atoms with Crippen molar-refractivity contribution >= 4 is 11.0 Å². The third kappa shape index (κ3) is 4.70. The van der Waals surface area contributed by atoms with Gasteiger partial charge in [0.2, 0.25) is 0 Å². The molecule has 2 aromatic heterocycles. The van der Waals surface area contributed by atoms with Crippen LogP contribution < -0.4 is 4.74 Å². The molecule has 182 valence electrons. The summed E-state index contributed by atoms with van der Waals surface area (Å²) in [6.07, 6.45) is 7.73. The van der Waals surface area contributed by atoms with Crippen molar-refractivity contribution in [2.75, 3.05) is 33.4 Å². The lowest BCUT2D eigenvalue weighted by Gasteiger charge is -2.38. The summed E-state index contributed by atoms with van der Waals surface area (Å²) in [5.74, 6) is 1.82. The van der Waals surface area contributed by atoms with Gasteiger partial charge in [0.05, 0.1) is 43.1 Å². The number of morpholine rings is 1. The van der Waals surface area contributed by atoms with Crippen LogP contribution in [0.3, 0.4) is 0 Å². The Bertz CT molecular complexity index is 1280. The summed E-state index contributed by atoms with van der Waals surface area (Å²) in [5.41, 5.74) is 5.26. The Kier molecular flexibility index (Phi) is 6.27. The van der Waals surface area contributed by atoms with Gasteiger partial charge in [-0.25, -0.2) is 4.98 Å². The maximum absolute atomic E-state index is 5.52. The van der Waals surface area contributed by atoms with E-state index in [1.807, 2.05) is 18.2 Å². The molecule has 7 heteroatoms. The highest BCUT2D eigenvalue weighted by atomic mass is 16.5. The summed E-state index contributed by atoms with van der Waals surface area (Å²) >= 11 is 0. The van der Waals surface area contributed by atoms with Crippen molar-refractivity contribution in [1.82, 2.24) is 24.6 Å². The fraction of sp³-hybridized carbons (Fsp3) is 0.429. The Hall–Kier alpha value is -3.16. The molecule has 2 aromatic carbocycles. The molecular weight excluding hydrogens is 438 g/mol. The predicted molar refractivity (Wildman–Crippen MR) is 137 cm³/mol. The maximum Gasteiger partial charge on any atom is 0.122 e. The lowest BCUT2D eigenvalue weighted by molar-refractivity contribution is 0.00507. The van der Waals surface area contributed by atoms with E-state index < -0.39 is 0 Å². The summed E-state index contributed by atoms with van der Waals surface area (Å²) in [7, 11) is 1.71. The fourth-order valence-electron chi connectivity index (χ4n) is 5.66.